The third kappa shape index (κ3) is 1.61. The molecule has 0 atom stereocenters. The number of rotatable bonds is 0. The van der Waals surface area contributed by atoms with Crippen LogP contribution < -0.4 is 5.73 Å². The Kier molecular flexibility index (Phi) is 2.21. The van der Waals surface area contributed by atoms with Crippen molar-refractivity contribution in [3.63, 3.8) is 0 Å². The van der Waals surface area contributed by atoms with Gasteiger partial charge in [-0.2, -0.15) is 0 Å². The molecule has 1 aromatic heterocycles. The second kappa shape index (κ2) is 3.52. The summed E-state index contributed by atoms with van der Waals surface area (Å²) in [4.78, 5) is 4.19. The van der Waals surface area contributed by atoms with Crippen molar-refractivity contribution in [3.8, 4) is 11.8 Å². The van der Waals surface area contributed by atoms with E-state index in [0.29, 0.717) is 12.4 Å². The van der Waals surface area contributed by atoms with Crippen LogP contribution in [0.5, 0.6) is 0 Å². The predicted octanol–water partition coefficient (Wildman–Crippen LogP) is 1.45. The Morgan fingerprint density at radius 3 is 3.14 bits per heavy atom. The van der Waals surface area contributed by atoms with Gasteiger partial charge in [-0.25, -0.2) is 4.98 Å². The Labute approximate surface area is 81.9 Å². The Hall–Kier alpha value is -1.79. The van der Waals surface area contributed by atoms with Crippen LogP contribution in [0.25, 0.3) is 11.1 Å². The van der Waals surface area contributed by atoms with E-state index in [0.717, 1.165) is 16.7 Å². The lowest BCUT2D eigenvalue weighted by molar-refractivity contribution is 0.561. The summed E-state index contributed by atoms with van der Waals surface area (Å²) < 4.78 is 5.38. The molecule has 0 bridgehead atoms. The molecule has 70 valence electrons. The van der Waals surface area contributed by atoms with E-state index in [1.807, 2.05) is 25.1 Å². The van der Waals surface area contributed by atoms with Crippen molar-refractivity contribution in [1.82, 2.24) is 4.98 Å². The molecule has 1 heterocycles. The van der Waals surface area contributed by atoms with Gasteiger partial charge in [0.2, 0.25) is 0 Å². The minimum absolute atomic E-state index is 0.369. The van der Waals surface area contributed by atoms with E-state index in [1.54, 1.807) is 0 Å². The van der Waals surface area contributed by atoms with Crippen molar-refractivity contribution in [2.45, 2.75) is 6.92 Å². The number of oxazole rings is 1. The molecule has 0 unspecified atom stereocenters. The van der Waals surface area contributed by atoms with Crippen LogP contribution in [-0.4, -0.2) is 11.5 Å². The highest BCUT2D eigenvalue weighted by Crippen LogP contribution is 2.16. The second-order valence-electron chi connectivity index (χ2n) is 2.92. The maximum Gasteiger partial charge on any atom is 0.192 e. The first kappa shape index (κ1) is 8.79. The van der Waals surface area contributed by atoms with Gasteiger partial charge in [-0.3, -0.25) is 0 Å². The number of nitrogens with two attached hydrogens (primary N) is 1. The highest BCUT2D eigenvalue weighted by molar-refractivity contribution is 5.74. The maximum atomic E-state index is 5.38. The molecule has 2 rings (SSSR count). The minimum Gasteiger partial charge on any atom is -0.441 e. The molecule has 0 radical (unpaired) electrons. The summed E-state index contributed by atoms with van der Waals surface area (Å²) in [5.41, 5.74) is 7.82. The number of hydrogen-bond acceptors (Lipinski definition) is 3. The lowest BCUT2D eigenvalue weighted by Gasteiger charge is -1.88. The maximum absolute atomic E-state index is 5.38. The monoisotopic (exact) mass is 186 g/mol. The highest BCUT2D eigenvalue weighted by atomic mass is 16.3. The number of fused-ring (bicyclic) bond motifs is 1. The zero-order valence-corrected chi connectivity index (χ0v) is 7.87. The molecule has 2 aromatic rings. The van der Waals surface area contributed by atoms with Gasteiger partial charge < -0.3 is 10.2 Å². The Morgan fingerprint density at radius 2 is 2.36 bits per heavy atom. The Balaban J connectivity index is 2.50. The van der Waals surface area contributed by atoms with Gasteiger partial charge >= 0.3 is 0 Å². The fourth-order valence-electron chi connectivity index (χ4n) is 1.27. The fraction of sp³-hybridized carbons (Fsp3) is 0.182. The quantitative estimate of drug-likeness (QED) is 0.633. The summed E-state index contributed by atoms with van der Waals surface area (Å²) in [6.07, 6.45) is 0. The van der Waals surface area contributed by atoms with Crippen LogP contribution >= 0.6 is 0 Å². The summed E-state index contributed by atoms with van der Waals surface area (Å²) >= 11 is 0. The van der Waals surface area contributed by atoms with E-state index in [9.17, 15) is 0 Å². The summed E-state index contributed by atoms with van der Waals surface area (Å²) in [7, 11) is 0. The van der Waals surface area contributed by atoms with Crippen LogP contribution in [0.15, 0.2) is 22.6 Å². The van der Waals surface area contributed by atoms with E-state index >= 15 is 0 Å². The molecule has 3 nitrogen and oxygen atoms in total. The normalized spacial score (nSPS) is 9.86. The average Bonchev–Trinajstić information content (AvgIpc) is 2.54. The molecule has 2 N–H and O–H groups in total. The molecule has 1 aromatic carbocycles. The molecule has 0 spiro atoms. The smallest absolute Gasteiger partial charge is 0.192 e. The van der Waals surface area contributed by atoms with Crippen molar-refractivity contribution < 1.29 is 4.42 Å². The first-order valence-corrected chi connectivity index (χ1v) is 4.36. The van der Waals surface area contributed by atoms with Gasteiger partial charge in [0.05, 0.1) is 6.54 Å². The SMILES string of the molecule is Cc1nc2ccc(C#CCN)cc2o1. The molecule has 14 heavy (non-hydrogen) atoms. The summed E-state index contributed by atoms with van der Waals surface area (Å²) in [6.45, 7) is 2.19. The largest absolute Gasteiger partial charge is 0.441 e. The zero-order valence-electron chi connectivity index (χ0n) is 7.87. The van der Waals surface area contributed by atoms with Crippen LogP contribution in [-0.2, 0) is 0 Å². The molecule has 0 amide bonds. The van der Waals surface area contributed by atoms with Gasteiger partial charge in [0, 0.05) is 12.5 Å². The van der Waals surface area contributed by atoms with E-state index in [-0.39, 0.29) is 0 Å². The first-order valence-electron chi connectivity index (χ1n) is 4.36. The number of hydrogen-bond donors (Lipinski definition) is 1. The standard InChI is InChI=1S/C11H10N2O/c1-8-13-10-5-4-9(3-2-6-12)7-11(10)14-8/h4-5,7H,6,12H2,1H3. The fourth-order valence-corrected chi connectivity index (χ4v) is 1.27. The van der Waals surface area contributed by atoms with Crippen LogP contribution in [0.4, 0.5) is 0 Å². The molecule has 0 saturated heterocycles. The third-order valence-electron chi connectivity index (χ3n) is 1.83. The van der Waals surface area contributed by atoms with E-state index in [2.05, 4.69) is 16.8 Å². The molecule has 0 fully saturated rings. The minimum atomic E-state index is 0.369. The van der Waals surface area contributed by atoms with E-state index < -0.39 is 0 Å². The van der Waals surface area contributed by atoms with Gasteiger partial charge in [0.15, 0.2) is 11.5 Å². The van der Waals surface area contributed by atoms with Gasteiger partial charge in [-0.1, -0.05) is 11.8 Å². The number of aromatic nitrogens is 1. The summed E-state index contributed by atoms with van der Waals surface area (Å²) in [6, 6.07) is 5.68. The number of benzene rings is 1. The lowest BCUT2D eigenvalue weighted by Crippen LogP contribution is -1.92. The van der Waals surface area contributed by atoms with Crippen LogP contribution in [0.1, 0.15) is 11.5 Å². The lowest BCUT2D eigenvalue weighted by atomic mass is 10.2. The molecule has 3 heteroatoms. The van der Waals surface area contributed by atoms with Crippen molar-refractivity contribution >= 4 is 11.1 Å². The predicted molar refractivity (Wildman–Crippen MR) is 54.7 cm³/mol. The van der Waals surface area contributed by atoms with Crippen molar-refractivity contribution in [2.24, 2.45) is 5.73 Å². The second-order valence-corrected chi connectivity index (χ2v) is 2.92. The van der Waals surface area contributed by atoms with Gasteiger partial charge in [-0.05, 0) is 18.2 Å². The van der Waals surface area contributed by atoms with Gasteiger partial charge in [-0.15, -0.1) is 0 Å². The topological polar surface area (TPSA) is 52.0 Å². The molecule has 0 saturated carbocycles. The summed E-state index contributed by atoms with van der Waals surface area (Å²) in [5.74, 6) is 6.40. The average molecular weight is 186 g/mol. The molecule has 0 aliphatic carbocycles. The highest BCUT2D eigenvalue weighted by Gasteiger charge is 2.01. The van der Waals surface area contributed by atoms with Crippen LogP contribution in [0, 0.1) is 18.8 Å². The Morgan fingerprint density at radius 1 is 1.50 bits per heavy atom. The third-order valence-corrected chi connectivity index (χ3v) is 1.83. The number of aryl methyl sites for hydroxylation is 1. The van der Waals surface area contributed by atoms with Crippen LogP contribution in [0.2, 0.25) is 0 Å². The Bertz CT molecular complexity index is 517. The van der Waals surface area contributed by atoms with E-state index in [4.69, 9.17) is 10.2 Å². The summed E-state index contributed by atoms with van der Waals surface area (Å²) in [5, 5.41) is 0. The number of nitrogens with zero attached hydrogens (tertiary/aromatic N) is 1. The van der Waals surface area contributed by atoms with Gasteiger partial charge in [0.1, 0.15) is 5.52 Å². The molecule has 0 aliphatic heterocycles. The van der Waals surface area contributed by atoms with E-state index in [1.165, 1.54) is 0 Å². The first-order chi connectivity index (χ1) is 6.79. The van der Waals surface area contributed by atoms with Crippen molar-refractivity contribution in [2.75, 3.05) is 6.54 Å². The molecular weight excluding hydrogens is 176 g/mol. The molecular formula is C11H10N2O. The van der Waals surface area contributed by atoms with Crippen molar-refractivity contribution in [3.05, 3.63) is 29.7 Å². The zero-order chi connectivity index (χ0) is 9.97. The van der Waals surface area contributed by atoms with Crippen LogP contribution in [0.3, 0.4) is 0 Å². The molecule has 0 aliphatic rings. The van der Waals surface area contributed by atoms with Crippen molar-refractivity contribution in [1.29, 1.82) is 0 Å². The van der Waals surface area contributed by atoms with Gasteiger partial charge in [0.25, 0.3) is 0 Å².